The molecule has 0 bridgehead atoms. The molecule has 1 fully saturated rings. The SMILES string of the molecule is O=C(CCN1C(=O)/C(=C\c2cccc(Br)c2)SC1=S)Nc1cccc2ccccc12. The molecule has 3 aromatic rings. The maximum absolute atomic E-state index is 12.8. The predicted octanol–water partition coefficient (Wildman–Crippen LogP) is 5.83. The summed E-state index contributed by atoms with van der Waals surface area (Å²) in [6.45, 7) is 0.247. The lowest BCUT2D eigenvalue weighted by Gasteiger charge is -2.14. The zero-order valence-electron chi connectivity index (χ0n) is 15.8. The zero-order valence-corrected chi connectivity index (χ0v) is 19.0. The van der Waals surface area contributed by atoms with E-state index in [0.717, 1.165) is 26.5 Å². The largest absolute Gasteiger partial charge is 0.325 e. The van der Waals surface area contributed by atoms with Gasteiger partial charge in [-0.25, -0.2) is 0 Å². The number of rotatable bonds is 5. The number of benzene rings is 3. The number of hydrogen-bond donors (Lipinski definition) is 1. The van der Waals surface area contributed by atoms with E-state index in [1.807, 2.05) is 72.8 Å². The normalized spacial score (nSPS) is 15.2. The van der Waals surface area contributed by atoms with Crippen LogP contribution in [0, 0.1) is 0 Å². The summed E-state index contributed by atoms with van der Waals surface area (Å²) in [6, 6.07) is 21.4. The van der Waals surface area contributed by atoms with Crippen LogP contribution in [0.3, 0.4) is 0 Å². The molecule has 0 atom stereocenters. The van der Waals surface area contributed by atoms with E-state index in [4.69, 9.17) is 12.2 Å². The van der Waals surface area contributed by atoms with Crippen LogP contribution in [-0.4, -0.2) is 27.6 Å². The van der Waals surface area contributed by atoms with Crippen LogP contribution in [-0.2, 0) is 9.59 Å². The molecule has 2 amide bonds. The fourth-order valence-electron chi connectivity index (χ4n) is 3.20. The summed E-state index contributed by atoms with van der Waals surface area (Å²) in [7, 11) is 0. The van der Waals surface area contributed by atoms with Crippen LogP contribution in [0.2, 0.25) is 0 Å². The van der Waals surface area contributed by atoms with E-state index in [0.29, 0.717) is 9.23 Å². The Balaban J connectivity index is 1.41. The second-order valence-corrected chi connectivity index (χ2v) is 9.30. The molecule has 0 spiro atoms. The highest BCUT2D eigenvalue weighted by Crippen LogP contribution is 2.33. The van der Waals surface area contributed by atoms with E-state index in [1.165, 1.54) is 16.7 Å². The Morgan fingerprint density at radius 1 is 1.10 bits per heavy atom. The molecular formula is C23H17BrN2O2S2. The average Bonchev–Trinajstić information content (AvgIpc) is 2.99. The molecule has 0 radical (unpaired) electrons. The van der Waals surface area contributed by atoms with Gasteiger partial charge in [0.25, 0.3) is 5.91 Å². The highest BCUT2D eigenvalue weighted by Gasteiger charge is 2.32. The van der Waals surface area contributed by atoms with Crippen molar-refractivity contribution in [2.75, 3.05) is 11.9 Å². The summed E-state index contributed by atoms with van der Waals surface area (Å²) in [6.07, 6.45) is 1.99. The van der Waals surface area contributed by atoms with Crippen molar-refractivity contribution >= 4 is 78.6 Å². The second-order valence-electron chi connectivity index (χ2n) is 6.71. The lowest BCUT2D eigenvalue weighted by Crippen LogP contribution is -2.31. The molecule has 0 unspecified atom stereocenters. The number of thiocarbonyl (C=S) groups is 1. The lowest BCUT2D eigenvalue weighted by atomic mass is 10.1. The van der Waals surface area contributed by atoms with Gasteiger partial charge in [0.1, 0.15) is 4.32 Å². The van der Waals surface area contributed by atoms with E-state index in [-0.39, 0.29) is 24.8 Å². The van der Waals surface area contributed by atoms with Gasteiger partial charge in [0.15, 0.2) is 0 Å². The first-order valence-electron chi connectivity index (χ1n) is 9.30. The molecule has 4 rings (SSSR count). The summed E-state index contributed by atoms with van der Waals surface area (Å²) in [5, 5.41) is 4.99. The quantitative estimate of drug-likeness (QED) is 0.356. The summed E-state index contributed by atoms with van der Waals surface area (Å²) in [5.74, 6) is -0.320. The molecule has 3 aromatic carbocycles. The summed E-state index contributed by atoms with van der Waals surface area (Å²) >= 11 is 10.1. The monoisotopic (exact) mass is 496 g/mol. The zero-order chi connectivity index (χ0) is 21.1. The molecule has 1 N–H and O–H groups in total. The maximum Gasteiger partial charge on any atom is 0.266 e. The molecule has 150 valence electrons. The fraction of sp³-hybridized carbons (Fsp3) is 0.0870. The summed E-state index contributed by atoms with van der Waals surface area (Å²) in [4.78, 5) is 27.3. The third-order valence-corrected chi connectivity index (χ3v) is 6.52. The summed E-state index contributed by atoms with van der Waals surface area (Å²) in [5.41, 5.74) is 1.68. The minimum atomic E-state index is -0.164. The Hall–Kier alpha value is -2.48. The number of fused-ring (bicyclic) bond motifs is 1. The van der Waals surface area contributed by atoms with Gasteiger partial charge in [-0.05, 0) is 35.2 Å². The van der Waals surface area contributed by atoms with E-state index in [9.17, 15) is 9.59 Å². The Morgan fingerprint density at radius 3 is 2.70 bits per heavy atom. The fourth-order valence-corrected chi connectivity index (χ4v) is 4.93. The van der Waals surface area contributed by atoms with Crippen LogP contribution < -0.4 is 5.32 Å². The highest BCUT2D eigenvalue weighted by atomic mass is 79.9. The molecular weight excluding hydrogens is 480 g/mol. The van der Waals surface area contributed by atoms with Crippen molar-refractivity contribution in [3.8, 4) is 0 Å². The number of halogens is 1. The topological polar surface area (TPSA) is 49.4 Å². The third kappa shape index (κ3) is 4.64. The van der Waals surface area contributed by atoms with Crippen LogP contribution in [0.25, 0.3) is 16.8 Å². The Kier molecular flexibility index (Phi) is 6.32. The number of nitrogens with zero attached hydrogens (tertiary/aromatic N) is 1. The number of hydrogen-bond acceptors (Lipinski definition) is 4. The van der Waals surface area contributed by atoms with Crippen molar-refractivity contribution in [1.82, 2.24) is 4.90 Å². The van der Waals surface area contributed by atoms with Crippen LogP contribution in [0.15, 0.2) is 76.1 Å². The van der Waals surface area contributed by atoms with Gasteiger partial charge in [-0.3, -0.25) is 14.5 Å². The average molecular weight is 497 g/mol. The van der Waals surface area contributed by atoms with Crippen LogP contribution in [0.4, 0.5) is 5.69 Å². The molecule has 1 heterocycles. The van der Waals surface area contributed by atoms with Gasteiger partial charge in [0, 0.05) is 28.5 Å². The van der Waals surface area contributed by atoms with Crippen molar-refractivity contribution in [1.29, 1.82) is 0 Å². The lowest BCUT2D eigenvalue weighted by molar-refractivity contribution is -0.122. The van der Waals surface area contributed by atoms with Crippen molar-refractivity contribution in [3.05, 3.63) is 81.7 Å². The molecule has 30 heavy (non-hydrogen) atoms. The van der Waals surface area contributed by atoms with Gasteiger partial charge < -0.3 is 5.32 Å². The standard InChI is InChI=1S/C23H17BrN2O2S2/c24-17-8-3-5-15(13-17)14-20-22(28)26(23(29)30-20)12-11-21(27)25-19-10-4-7-16-6-1-2-9-18(16)19/h1-10,13-14H,11-12H2,(H,25,27)/b20-14+. The van der Waals surface area contributed by atoms with Crippen LogP contribution in [0.5, 0.6) is 0 Å². The van der Waals surface area contributed by atoms with E-state index in [1.54, 1.807) is 0 Å². The Morgan fingerprint density at radius 2 is 1.87 bits per heavy atom. The number of anilines is 1. The van der Waals surface area contributed by atoms with Crippen molar-refractivity contribution in [2.45, 2.75) is 6.42 Å². The van der Waals surface area contributed by atoms with Gasteiger partial charge in [0.2, 0.25) is 5.91 Å². The second kappa shape index (κ2) is 9.12. The third-order valence-electron chi connectivity index (χ3n) is 4.65. The number of carbonyl (C=O) groups excluding carboxylic acids is 2. The van der Waals surface area contributed by atoms with Crippen molar-refractivity contribution in [2.24, 2.45) is 0 Å². The number of thioether (sulfide) groups is 1. The molecule has 7 heteroatoms. The highest BCUT2D eigenvalue weighted by molar-refractivity contribution is 9.10. The number of nitrogens with one attached hydrogen (secondary N) is 1. The predicted molar refractivity (Wildman–Crippen MR) is 131 cm³/mol. The van der Waals surface area contributed by atoms with E-state index >= 15 is 0 Å². The molecule has 1 aliphatic rings. The minimum Gasteiger partial charge on any atom is -0.325 e. The number of amides is 2. The summed E-state index contributed by atoms with van der Waals surface area (Å²) < 4.78 is 1.41. The smallest absolute Gasteiger partial charge is 0.266 e. The first-order valence-corrected chi connectivity index (χ1v) is 11.3. The van der Waals surface area contributed by atoms with E-state index in [2.05, 4.69) is 21.2 Å². The van der Waals surface area contributed by atoms with E-state index < -0.39 is 0 Å². The Bertz CT molecular complexity index is 1190. The first-order chi connectivity index (χ1) is 14.5. The van der Waals surface area contributed by atoms with Crippen molar-refractivity contribution in [3.63, 3.8) is 0 Å². The minimum absolute atomic E-state index is 0.156. The van der Waals surface area contributed by atoms with Gasteiger partial charge in [-0.15, -0.1) is 0 Å². The molecule has 0 saturated carbocycles. The van der Waals surface area contributed by atoms with Gasteiger partial charge in [-0.2, -0.15) is 0 Å². The Labute approximate surface area is 192 Å². The number of carbonyl (C=O) groups is 2. The van der Waals surface area contributed by atoms with Gasteiger partial charge in [0.05, 0.1) is 4.91 Å². The van der Waals surface area contributed by atoms with Gasteiger partial charge in [-0.1, -0.05) is 88.4 Å². The van der Waals surface area contributed by atoms with Crippen LogP contribution in [0.1, 0.15) is 12.0 Å². The van der Waals surface area contributed by atoms with Crippen LogP contribution >= 0.6 is 39.9 Å². The molecule has 1 aliphatic heterocycles. The first kappa shape index (κ1) is 20.8. The van der Waals surface area contributed by atoms with Crippen molar-refractivity contribution < 1.29 is 9.59 Å². The maximum atomic E-state index is 12.8. The molecule has 0 aliphatic carbocycles. The van der Waals surface area contributed by atoms with Gasteiger partial charge >= 0.3 is 0 Å². The molecule has 1 saturated heterocycles. The molecule has 4 nitrogen and oxygen atoms in total. The molecule has 0 aromatic heterocycles.